The number of aryl methyl sites for hydroxylation is 1. The summed E-state index contributed by atoms with van der Waals surface area (Å²) in [5.41, 5.74) is 9.75. The summed E-state index contributed by atoms with van der Waals surface area (Å²) in [4.78, 5) is 13.8. The van der Waals surface area contributed by atoms with Crippen LogP contribution in [0.4, 0.5) is 17.1 Å². The standard InChI is InChI=1S/C16H18BrN3O/c1-10-5-4-6-13(15(10)17)19-14-9-11(18)7-8-12(14)16(21)20(2)3/h4-9,19H,18H2,1-3H3. The minimum Gasteiger partial charge on any atom is -0.399 e. The Morgan fingerprint density at radius 3 is 2.57 bits per heavy atom. The van der Waals surface area contributed by atoms with Crippen molar-refractivity contribution < 1.29 is 4.79 Å². The van der Waals surface area contributed by atoms with Gasteiger partial charge in [0.15, 0.2) is 0 Å². The summed E-state index contributed by atoms with van der Waals surface area (Å²) in [6.07, 6.45) is 0. The maximum Gasteiger partial charge on any atom is 0.255 e. The van der Waals surface area contributed by atoms with Crippen molar-refractivity contribution in [3.63, 3.8) is 0 Å². The number of benzene rings is 2. The Balaban J connectivity index is 2.46. The zero-order valence-electron chi connectivity index (χ0n) is 12.3. The number of hydrogen-bond donors (Lipinski definition) is 2. The van der Waals surface area contributed by atoms with E-state index in [1.807, 2.05) is 25.1 Å². The third-order valence-corrected chi connectivity index (χ3v) is 4.19. The lowest BCUT2D eigenvalue weighted by Gasteiger charge is -2.17. The van der Waals surface area contributed by atoms with E-state index in [0.717, 1.165) is 15.7 Å². The normalized spacial score (nSPS) is 10.3. The molecule has 0 atom stereocenters. The summed E-state index contributed by atoms with van der Waals surface area (Å²) in [6, 6.07) is 11.2. The van der Waals surface area contributed by atoms with Crippen LogP contribution in [0.5, 0.6) is 0 Å². The monoisotopic (exact) mass is 347 g/mol. The van der Waals surface area contributed by atoms with Crippen molar-refractivity contribution in [2.24, 2.45) is 0 Å². The molecule has 3 N–H and O–H groups in total. The van der Waals surface area contributed by atoms with Gasteiger partial charge in [0, 0.05) is 24.3 Å². The predicted molar refractivity (Wildman–Crippen MR) is 91.0 cm³/mol. The second-order valence-corrected chi connectivity index (χ2v) is 5.86. The number of nitrogens with two attached hydrogens (primary N) is 1. The van der Waals surface area contributed by atoms with Gasteiger partial charge in [0.1, 0.15) is 0 Å². The van der Waals surface area contributed by atoms with E-state index in [4.69, 9.17) is 5.73 Å². The molecule has 0 spiro atoms. The first-order chi connectivity index (χ1) is 9.90. The van der Waals surface area contributed by atoms with Crippen LogP contribution in [0, 0.1) is 6.92 Å². The molecule has 2 aromatic carbocycles. The van der Waals surface area contributed by atoms with E-state index in [2.05, 4.69) is 21.2 Å². The smallest absolute Gasteiger partial charge is 0.255 e. The molecule has 0 saturated heterocycles. The van der Waals surface area contributed by atoms with Crippen molar-refractivity contribution in [3.05, 3.63) is 52.0 Å². The Morgan fingerprint density at radius 2 is 1.90 bits per heavy atom. The first kappa shape index (κ1) is 15.4. The van der Waals surface area contributed by atoms with Crippen LogP contribution in [0.1, 0.15) is 15.9 Å². The van der Waals surface area contributed by atoms with Gasteiger partial charge in [-0.2, -0.15) is 0 Å². The van der Waals surface area contributed by atoms with E-state index in [1.54, 1.807) is 37.2 Å². The molecular weight excluding hydrogens is 330 g/mol. The van der Waals surface area contributed by atoms with Gasteiger partial charge in [-0.3, -0.25) is 4.79 Å². The number of halogens is 1. The summed E-state index contributed by atoms with van der Waals surface area (Å²) < 4.78 is 0.968. The molecule has 2 aromatic rings. The highest BCUT2D eigenvalue weighted by molar-refractivity contribution is 9.10. The van der Waals surface area contributed by atoms with E-state index in [0.29, 0.717) is 16.9 Å². The highest BCUT2D eigenvalue weighted by atomic mass is 79.9. The summed E-state index contributed by atoms with van der Waals surface area (Å²) in [7, 11) is 3.45. The minimum absolute atomic E-state index is 0.0683. The second-order valence-electron chi connectivity index (χ2n) is 5.07. The van der Waals surface area contributed by atoms with Gasteiger partial charge in [0.05, 0.1) is 16.9 Å². The molecule has 110 valence electrons. The van der Waals surface area contributed by atoms with Crippen LogP contribution in [0.25, 0.3) is 0 Å². The van der Waals surface area contributed by atoms with Crippen LogP contribution in [0.2, 0.25) is 0 Å². The average Bonchev–Trinajstić information content (AvgIpc) is 2.43. The molecule has 0 saturated carbocycles. The molecule has 0 unspecified atom stereocenters. The lowest BCUT2D eigenvalue weighted by Crippen LogP contribution is -2.22. The molecule has 0 aliphatic rings. The Morgan fingerprint density at radius 1 is 1.19 bits per heavy atom. The van der Waals surface area contributed by atoms with Crippen molar-refractivity contribution in [2.75, 3.05) is 25.1 Å². The van der Waals surface area contributed by atoms with Gasteiger partial charge in [0.25, 0.3) is 5.91 Å². The Hall–Kier alpha value is -2.01. The van der Waals surface area contributed by atoms with Crippen LogP contribution in [0.3, 0.4) is 0 Å². The number of nitrogen functional groups attached to an aromatic ring is 1. The molecule has 0 aromatic heterocycles. The SMILES string of the molecule is Cc1cccc(Nc2cc(N)ccc2C(=O)N(C)C)c1Br. The summed E-state index contributed by atoms with van der Waals surface area (Å²) >= 11 is 3.56. The maximum atomic E-state index is 12.3. The quantitative estimate of drug-likeness (QED) is 0.830. The predicted octanol–water partition coefficient (Wildman–Crippen LogP) is 3.79. The van der Waals surface area contributed by atoms with E-state index in [9.17, 15) is 4.79 Å². The average molecular weight is 348 g/mol. The van der Waals surface area contributed by atoms with Crippen molar-refractivity contribution >= 4 is 38.9 Å². The molecule has 2 rings (SSSR count). The molecule has 0 aliphatic heterocycles. The summed E-state index contributed by atoms with van der Waals surface area (Å²) in [5.74, 6) is -0.0683. The lowest BCUT2D eigenvalue weighted by molar-refractivity contribution is 0.0828. The lowest BCUT2D eigenvalue weighted by atomic mass is 10.1. The fraction of sp³-hybridized carbons (Fsp3) is 0.188. The number of nitrogens with one attached hydrogen (secondary N) is 1. The number of hydrogen-bond acceptors (Lipinski definition) is 3. The molecule has 0 fully saturated rings. The molecule has 5 heteroatoms. The number of carbonyl (C=O) groups excluding carboxylic acids is 1. The fourth-order valence-electron chi connectivity index (χ4n) is 1.98. The number of amides is 1. The highest BCUT2D eigenvalue weighted by Crippen LogP contribution is 2.31. The molecule has 1 amide bonds. The summed E-state index contributed by atoms with van der Waals surface area (Å²) in [6.45, 7) is 2.01. The van der Waals surface area contributed by atoms with Gasteiger partial charge in [-0.05, 0) is 52.7 Å². The first-order valence-corrected chi connectivity index (χ1v) is 7.32. The van der Waals surface area contributed by atoms with Gasteiger partial charge in [-0.15, -0.1) is 0 Å². The van der Waals surface area contributed by atoms with Crippen LogP contribution in [-0.2, 0) is 0 Å². The van der Waals surface area contributed by atoms with Crippen molar-refractivity contribution in [2.45, 2.75) is 6.92 Å². The minimum atomic E-state index is -0.0683. The van der Waals surface area contributed by atoms with E-state index in [-0.39, 0.29) is 5.91 Å². The second kappa shape index (κ2) is 6.18. The van der Waals surface area contributed by atoms with Crippen LogP contribution in [-0.4, -0.2) is 24.9 Å². The number of rotatable bonds is 3. The van der Waals surface area contributed by atoms with E-state index < -0.39 is 0 Å². The van der Waals surface area contributed by atoms with Gasteiger partial charge in [-0.1, -0.05) is 12.1 Å². The number of nitrogens with zero attached hydrogens (tertiary/aromatic N) is 1. The van der Waals surface area contributed by atoms with Crippen molar-refractivity contribution in [1.29, 1.82) is 0 Å². The molecular formula is C16H18BrN3O. The molecule has 21 heavy (non-hydrogen) atoms. The first-order valence-electron chi connectivity index (χ1n) is 6.53. The number of anilines is 3. The maximum absolute atomic E-state index is 12.3. The Bertz CT molecular complexity index is 683. The Kier molecular flexibility index (Phi) is 4.53. The molecule has 4 nitrogen and oxygen atoms in total. The van der Waals surface area contributed by atoms with Gasteiger partial charge >= 0.3 is 0 Å². The van der Waals surface area contributed by atoms with Gasteiger partial charge < -0.3 is 16.0 Å². The summed E-state index contributed by atoms with van der Waals surface area (Å²) in [5, 5.41) is 3.28. The molecule has 0 bridgehead atoms. The van der Waals surface area contributed by atoms with Crippen LogP contribution >= 0.6 is 15.9 Å². The largest absolute Gasteiger partial charge is 0.399 e. The van der Waals surface area contributed by atoms with E-state index >= 15 is 0 Å². The third kappa shape index (κ3) is 3.36. The molecule has 0 aliphatic carbocycles. The van der Waals surface area contributed by atoms with Gasteiger partial charge in [-0.25, -0.2) is 0 Å². The van der Waals surface area contributed by atoms with Crippen LogP contribution in [0.15, 0.2) is 40.9 Å². The van der Waals surface area contributed by atoms with Crippen molar-refractivity contribution in [1.82, 2.24) is 4.90 Å². The van der Waals surface area contributed by atoms with E-state index in [1.165, 1.54) is 0 Å². The Labute approximate surface area is 133 Å². The highest BCUT2D eigenvalue weighted by Gasteiger charge is 2.14. The topological polar surface area (TPSA) is 58.4 Å². The zero-order valence-corrected chi connectivity index (χ0v) is 13.9. The van der Waals surface area contributed by atoms with Crippen LogP contribution < -0.4 is 11.1 Å². The van der Waals surface area contributed by atoms with Gasteiger partial charge in [0.2, 0.25) is 0 Å². The number of carbonyl (C=O) groups is 1. The fourth-order valence-corrected chi connectivity index (χ4v) is 2.35. The zero-order chi connectivity index (χ0) is 15.6. The molecule has 0 radical (unpaired) electrons. The molecule has 0 heterocycles. The van der Waals surface area contributed by atoms with Crippen molar-refractivity contribution in [3.8, 4) is 0 Å². The third-order valence-electron chi connectivity index (χ3n) is 3.14.